The molecule has 37 heavy (non-hydrogen) atoms. The van der Waals surface area contributed by atoms with Gasteiger partial charge >= 0.3 is 17.9 Å². The first-order valence-corrected chi connectivity index (χ1v) is 10.6. The summed E-state index contributed by atoms with van der Waals surface area (Å²) in [4.78, 5) is 48.7. The van der Waals surface area contributed by atoms with Crippen molar-refractivity contribution in [1.82, 2.24) is 5.32 Å². The van der Waals surface area contributed by atoms with Crippen molar-refractivity contribution in [2.45, 2.75) is 13.1 Å². The number of urea groups is 1. The minimum Gasteiger partial charge on any atom is -0.450 e. The van der Waals surface area contributed by atoms with Crippen LogP contribution in [-0.2, 0) is 15.8 Å². The second-order valence-corrected chi connectivity index (χ2v) is 7.90. The summed E-state index contributed by atoms with van der Waals surface area (Å²) in [6.45, 7) is 1.83. The molecule has 9 nitrogen and oxygen atoms in total. The molecule has 1 aliphatic rings. The van der Waals surface area contributed by atoms with Crippen LogP contribution in [0, 0.1) is 17.0 Å². The summed E-state index contributed by atoms with van der Waals surface area (Å²) in [5.41, 5.74) is -0.843. The topological polar surface area (TPSA) is 119 Å². The highest BCUT2D eigenvalue weighted by Crippen LogP contribution is 2.38. The third-order valence-electron chi connectivity index (χ3n) is 5.30. The minimum atomic E-state index is -4.76. The van der Waals surface area contributed by atoms with Gasteiger partial charge in [-0.2, -0.15) is 13.2 Å². The molecule has 0 atom stereocenters. The average molecular weight is 511 g/mol. The Morgan fingerprint density at radius 2 is 1.62 bits per heavy atom. The molecule has 0 aliphatic carbocycles. The van der Waals surface area contributed by atoms with Crippen LogP contribution >= 0.6 is 0 Å². The molecule has 1 N–H and O–H groups in total. The van der Waals surface area contributed by atoms with E-state index in [4.69, 9.17) is 4.74 Å². The van der Waals surface area contributed by atoms with Crippen molar-refractivity contribution in [2.75, 3.05) is 4.90 Å². The van der Waals surface area contributed by atoms with E-state index in [2.05, 4.69) is 5.32 Å². The molecule has 188 valence electrons. The lowest BCUT2D eigenvalue weighted by Crippen LogP contribution is -2.54. The van der Waals surface area contributed by atoms with Crippen LogP contribution in [-0.4, -0.2) is 22.8 Å². The van der Waals surface area contributed by atoms with E-state index in [9.17, 15) is 37.7 Å². The van der Waals surface area contributed by atoms with Crippen LogP contribution in [0.2, 0.25) is 0 Å². The van der Waals surface area contributed by atoms with Gasteiger partial charge in [-0.05, 0) is 55.0 Å². The van der Waals surface area contributed by atoms with Crippen LogP contribution in [0.5, 0.6) is 11.5 Å². The number of barbiturate groups is 1. The summed E-state index contributed by atoms with van der Waals surface area (Å²) < 4.78 is 44.1. The van der Waals surface area contributed by atoms with Gasteiger partial charge in [-0.3, -0.25) is 25.0 Å². The second-order valence-electron chi connectivity index (χ2n) is 7.90. The first kappa shape index (κ1) is 25.1. The lowest BCUT2D eigenvalue weighted by molar-refractivity contribution is -0.385. The summed E-state index contributed by atoms with van der Waals surface area (Å²) in [5.74, 6) is -2.07. The van der Waals surface area contributed by atoms with E-state index in [0.29, 0.717) is 17.7 Å². The van der Waals surface area contributed by atoms with E-state index in [1.165, 1.54) is 30.3 Å². The molecule has 0 unspecified atom stereocenters. The SMILES string of the molecule is Cc1ccc(N2C(=O)NC(=O)/C(=C\c3ccc(Oc4ccc(C(F)(F)F)cc4[N+](=O)[O-])cc3)C2=O)cc1. The van der Waals surface area contributed by atoms with Gasteiger partial charge in [0.1, 0.15) is 11.3 Å². The zero-order valence-electron chi connectivity index (χ0n) is 18.9. The molecule has 3 aromatic carbocycles. The highest BCUT2D eigenvalue weighted by Gasteiger charge is 2.37. The summed E-state index contributed by atoms with van der Waals surface area (Å²) in [5, 5.41) is 13.4. The zero-order chi connectivity index (χ0) is 26.9. The van der Waals surface area contributed by atoms with Crippen molar-refractivity contribution >= 4 is 35.3 Å². The van der Waals surface area contributed by atoms with Crippen molar-refractivity contribution in [3.8, 4) is 11.5 Å². The Kier molecular flexibility index (Phi) is 6.49. The van der Waals surface area contributed by atoms with Gasteiger partial charge < -0.3 is 4.74 Å². The number of nitro benzene ring substituents is 1. The van der Waals surface area contributed by atoms with Crippen molar-refractivity contribution < 1.29 is 37.2 Å². The van der Waals surface area contributed by atoms with E-state index in [1.807, 2.05) is 6.92 Å². The molecule has 0 bridgehead atoms. The number of rotatable bonds is 5. The van der Waals surface area contributed by atoms with E-state index in [1.54, 1.807) is 24.3 Å². The van der Waals surface area contributed by atoms with Crippen LogP contribution in [0.25, 0.3) is 6.08 Å². The van der Waals surface area contributed by atoms with Gasteiger partial charge in [-0.1, -0.05) is 29.8 Å². The van der Waals surface area contributed by atoms with Gasteiger partial charge in [-0.25, -0.2) is 9.69 Å². The molecule has 12 heteroatoms. The smallest absolute Gasteiger partial charge is 0.416 e. The molecule has 1 aliphatic heterocycles. The van der Waals surface area contributed by atoms with E-state index in [-0.39, 0.29) is 17.0 Å². The number of nitrogens with zero attached hydrogens (tertiary/aromatic N) is 2. The lowest BCUT2D eigenvalue weighted by Gasteiger charge is -2.26. The predicted molar refractivity (Wildman–Crippen MR) is 125 cm³/mol. The Bertz CT molecular complexity index is 1450. The molecule has 4 amide bonds. The van der Waals surface area contributed by atoms with Gasteiger partial charge in [0.25, 0.3) is 11.8 Å². The van der Waals surface area contributed by atoms with Crippen molar-refractivity contribution in [2.24, 2.45) is 0 Å². The first-order chi connectivity index (χ1) is 17.4. The van der Waals surface area contributed by atoms with Crippen molar-refractivity contribution in [3.05, 3.63) is 99.1 Å². The number of imide groups is 2. The Morgan fingerprint density at radius 1 is 0.973 bits per heavy atom. The number of alkyl halides is 3. The number of nitrogens with one attached hydrogen (secondary N) is 1. The number of amides is 4. The van der Waals surface area contributed by atoms with Crippen molar-refractivity contribution in [3.63, 3.8) is 0 Å². The highest BCUT2D eigenvalue weighted by atomic mass is 19.4. The van der Waals surface area contributed by atoms with Crippen LogP contribution in [0.3, 0.4) is 0 Å². The summed E-state index contributed by atoms with van der Waals surface area (Å²) in [6.07, 6.45) is -3.52. The van der Waals surface area contributed by atoms with E-state index < -0.39 is 45.9 Å². The largest absolute Gasteiger partial charge is 0.450 e. The molecule has 3 aromatic rings. The maximum atomic E-state index is 13.0. The lowest BCUT2D eigenvalue weighted by atomic mass is 10.1. The maximum Gasteiger partial charge on any atom is 0.416 e. The second kappa shape index (κ2) is 9.57. The van der Waals surface area contributed by atoms with Gasteiger partial charge in [0.15, 0.2) is 0 Å². The molecule has 0 radical (unpaired) electrons. The molecule has 1 saturated heterocycles. The number of carbonyl (C=O) groups excluding carboxylic acids is 3. The van der Waals surface area contributed by atoms with Gasteiger partial charge in [0.2, 0.25) is 5.75 Å². The quantitative estimate of drug-likeness (QED) is 0.213. The summed E-state index contributed by atoms with van der Waals surface area (Å²) >= 11 is 0. The molecular weight excluding hydrogens is 495 g/mol. The Balaban J connectivity index is 1.58. The van der Waals surface area contributed by atoms with Gasteiger partial charge in [-0.15, -0.1) is 0 Å². The van der Waals surface area contributed by atoms with Crippen LogP contribution in [0.4, 0.5) is 29.3 Å². The zero-order valence-corrected chi connectivity index (χ0v) is 18.9. The van der Waals surface area contributed by atoms with Crippen molar-refractivity contribution in [1.29, 1.82) is 0 Å². The molecule has 0 aromatic heterocycles. The Hall–Kier alpha value is -5.00. The fraction of sp³-hybridized carbons (Fsp3) is 0.0800. The number of anilines is 1. The molecule has 1 fully saturated rings. The van der Waals surface area contributed by atoms with Gasteiger partial charge in [0, 0.05) is 6.07 Å². The predicted octanol–water partition coefficient (Wildman–Crippen LogP) is 5.38. The summed E-state index contributed by atoms with van der Waals surface area (Å²) in [7, 11) is 0. The normalized spacial score (nSPS) is 15.1. The number of benzene rings is 3. The fourth-order valence-corrected chi connectivity index (χ4v) is 3.43. The summed E-state index contributed by atoms with van der Waals surface area (Å²) in [6, 6.07) is 13.1. The van der Waals surface area contributed by atoms with Crippen LogP contribution in [0.15, 0.2) is 72.3 Å². The third-order valence-corrected chi connectivity index (χ3v) is 5.30. The molecule has 0 spiro atoms. The van der Waals surface area contributed by atoms with Gasteiger partial charge in [0.05, 0.1) is 16.2 Å². The highest BCUT2D eigenvalue weighted by molar-refractivity contribution is 6.39. The molecule has 1 heterocycles. The standard InChI is InChI=1S/C25H16F3N3O6/c1-14-2-7-17(8-3-14)30-23(33)19(22(32)29-24(30)34)12-15-4-9-18(10-5-15)37-21-11-6-16(25(26,27)28)13-20(21)31(35)36/h2-13H,1H3,(H,29,32,34)/b19-12+. The van der Waals surface area contributed by atoms with E-state index in [0.717, 1.165) is 16.5 Å². The molecule has 0 saturated carbocycles. The Morgan fingerprint density at radius 3 is 2.22 bits per heavy atom. The number of halogens is 3. The number of ether oxygens (including phenoxy) is 1. The number of aryl methyl sites for hydroxylation is 1. The maximum absolute atomic E-state index is 13.0. The fourth-order valence-electron chi connectivity index (χ4n) is 3.43. The van der Waals surface area contributed by atoms with E-state index >= 15 is 0 Å². The van der Waals surface area contributed by atoms with Crippen LogP contribution in [0.1, 0.15) is 16.7 Å². The number of carbonyl (C=O) groups is 3. The average Bonchev–Trinajstić information content (AvgIpc) is 2.83. The molecule has 4 rings (SSSR count). The third kappa shape index (κ3) is 5.32. The number of nitro groups is 1. The first-order valence-electron chi connectivity index (χ1n) is 10.6. The Labute approximate surface area is 206 Å². The molecular formula is C25H16F3N3O6. The monoisotopic (exact) mass is 511 g/mol. The number of hydrogen-bond acceptors (Lipinski definition) is 6. The van der Waals surface area contributed by atoms with Crippen LogP contribution < -0.4 is 15.0 Å². The minimum absolute atomic E-state index is 0.0564. The number of hydrogen-bond donors (Lipinski definition) is 1.